The second-order valence-electron chi connectivity index (χ2n) is 13.8. The summed E-state index contributed by atoms with van der Waals surface area (Å²) >= 11 is 4.08. The first-order valence-corrected chi connectivity index (χ1v) is 19.5. The predicted molar refractivity (Wildman–Crippen MR) is 219 cm³/mol. The van der Waals surface area contributed by atoms with Gasteiger partial charge in [0.05, 0.1) is 32.1 Å². The first-order chi connectivity index (χ1) is 29.7. The van der Waals surface area contributed by atoms with Crippen LogP contribution in [0.1, 0.15) is 30.9 Å². The van der Waals surface area contributed by atoms with Crippen LogP contribution in [-0.2, 0) is 60.8 Å². The van der Waals surface area contributed by atoms with Crippen LogP contribution in [0.4, 0.5) is 0 Å². The zero-order chi connectivity index (χ0) is 47.4. The molecule has 8 atom stereocenters. The molecule has 0 fully saturated rings. The summed E-state index contributed by atoms with van der Waals surface area (Å²) in [5.74, 6) is -13.4. The molecular formula is C38H50N8O16S. The van der Waals surface area contributed by atoms with E-state index in [0.29, 0.717) is 5.56 Å². The molecule has 63 heavy (non-hydrogen) atoms. The Hall–Kier alpha value is -6.83. The summed E-state index contributed by atoms with van der Waals surface area (Å²) in [4.78, 5) is 126. The van der Waals surface area contributed by atoms with E-state index in [9.17, 15) is 73.5 Å². The second kappa shape index (κ2) is 25.8. The van der Waals surface area contributed by atoms with Crippen molar-refractivity contribution in [2.24, 2.45) is 5.73 Å². The van der Waals surface area contributed by atoms with Gasteiger partial charge in [0.2, 0.25) is 41.4 Å². The van der Waals surface area contributed by atoms with Crippen molar-refractivity contribution >= 4 is 71.9 Å². The Morgan fingerprint density at radius 3 is 1.43 bits per heavy atom. The topological polar surface area (TPSA) is 402 Å². The maximum absolute atomic E-state index is 13.6. The average Bonchev–Trinajstić information content (AvgIpc) is 3.23. The van der Waals surface area contributed by atoms with E-state index in [0.717, 1.165) is 5.56 Å². The molecule has 0 bridgehead atoms. The standard InChI is InChI=1S/C38H50N8O16S/c1-18(40-32(55)22(39)11-19-5-3-2-4-6-19)31(54)41-24(13-29(50)51)35(58)46-28(17-63)37(60)42-23(12-20-7-9-21(49)10-8-20)33(56)44-26(15-47)36(59)43-25(14-30(52)53)34(57)45-27(16-48)38(61)62/h2-10,18,22-28,47-49,63H,11-17,39H2,1H3,(H,40,55)(H,41,54)(H,42,60)(H,43,59)(H,44,56)(H,45,57)(H,46,58)(H,50,51)(H,52,53)(H,61,62)/t18-,22-,23-,24-,25-,26-,27-,28-/m0/s1. The number of aliphatic carboxylic acids is 3. The molecule has 0 unspecified atom stereocenters. The average molecular weight is 907 g/mol. The lowest BCUT2D eigenvalue weighted by molar-refractivity contribution is -0.144. The third-order valence-electron chi connectivity index (χ3n) is 8.85. The molecule has 25 heteroatoms. The highest BCUT2D eigenvalue weighted by Crippen LogP contribution is 2.12. The van der Waals surface area contributed by atoms with Crippen molar-refractivity contribution in [3.63, 3.8) is 0 Å². The number of nitrogens with one attached hydrogen (secondary N) is 7. The summed E-state index contributed by atoms with van der Waals surface area (Å²) in [6, 6.07) is 0.708. The molecular weight excluding hydrogens is 857 g/mol. The largest absolute Gasteiger partial charge is 0.508 e. The number of nitrogens with two attached hydrogens (primary N) is 1. The van der Waals surface area contributed by atoms with E-state index in [4.69, 9.17) is 10.8 Å². The Morgan fingerprint density at radius 2 is 0.937 bits per heavy atom. The highest BCUT2D eigenvalue weighted by atomic mass is 32.1. The number of aromatic hydroxyl groups is 1. The number of aliphatic hydroxyl groups is 2. The fourth-order valence-corrected chi connectivity index (χ4v) is 5.68. The molecule has 0 spiro atoms. The molecule has 0 aromatic heterocycles. The number of benzene rings is 2. The highest BCUT2D eigenvalue weighted by Gasteiger charge is 2.34. The molecule has 15 N–H and O–H groups in total. The van der Waals surface area contributed by atoms with Crippen molar-refractivity contribution in [1.82, 2.24) is 37.2 Å². The number of carbonyl (C=O) groups is 10. The van der Waals surface area contributed by atoms with Gasteiger partial charge in [-0.3, -0.25) is 43.2 Å². The van der Waals surface area contributed by atoms with Gasteiger partial charge in [-0.05, 0) is 36.6 Å². The number of hydrogen-bond acceptors (Lipinski definition) is 15. The van der Waals surface area contributed by atoms with E-state index in [-0.39, 0.29) is 18.6 Å². The summed E-state index contributed by atoms with van der Waals surface area (Å²) in [7, 11) is 0. The number of aliphatic hydroxyl groups excluding tert-OH is 2. The predicted octanol–water partition coefficient (Wildman–Crippen LogP) is -5.13. The molecule has 7 amide bonds. The van der Waals surface area contributed by atoms with Crippen LogP contribution in [0.2, 0.25) is 0 Å². The molecule has 344 valence electrons. The minimum Gasteiger partial charge on any atom is -0.508 e. The number of phenols is 1. The van der Waals surface area contributed by atoms with Crippen LogP contribution >= 0.6 is 12.6 Å². The molecule has 0 aliphatic rings. The Kier molecular flexibility index (Phi) is 21.4. The van der Waals surface area contributed by atoms with Gasteiger partial charge in [0.1, 0.15) is 48.0 Å². The van der Waals surface area contributed by atoms with Crippen LogP contribution in [0.25, 0.3) is 0 Å². The lowest BCUT2D eigenvalue weighted by atomic mass is 10.0. The van der Waals surface area contributed by atoms with Gasteiger partial charge in [0.15, 0.2) is 0 Å². The van der Waals surface area contributed by atoms with Crippen LogP contribution in [0.3, 0.4) is 0 Å². The van der Waals surface area contributed by atoms with Gasteiger partial charge in [-0.15, -0.1) is 0 Å². The Morgan fingerprint density at radius 1 is 0.524 bits per heavy atom. The third kappa shape index (κ3) is 18.0. The number of carbonyl (C=O) groups excluding carboxylic acids is 7. The molecule has 0 saturated carbocycles. The lowest BCUT2D eigenvalue weighted by Crippen LogP contribution is -2.61. The Bertz CT molecular complexity index is 1960. The minimum atomic E-state index is -1.97. The monoisotopic (exact) mass is 906 g/mol. The molecule has 2 rings (SSSR count). The molecule has 0 saturated heterocycles. The number of hydrogen-bond donors (Lipinski definition) is 15. The van der Waals surface area contributed by atoms with Crippen molar-refractivity contribution in [3.05, 3.63) is 65.7 Å². The molecule has 0 heterocycles. The van der Waals surface area contributed by atoms with E-state index in [1.807, 2.05) is 10.6 Å². The van der Waals surface area contributed by atoms with Crippen molar-refractivity contribution in [2.75, 3.05) is 19.0 Å². The quantitative estimate of drug-likeness (QED) is 0.0393. The maximum Gasteiger partial charge on any atom is 0.328 e. The molecule has 0 radical (unpaired) electrons. The summed E-state index contributed by atoms with van der Waals surface area (Å²) in [6.07, 6.45) is -2.33. The van der Waals surface area contributed by atoms with Gasteiger partial charge in [-0.2, -0.15) is 12.6 Å². The molecule has 24 nitrogen and oxygen atoms in total. The van der Waals surface area contributed by atoms with Crippen LogP contribution in [0.15, 0.2) is 54.6 Å². The fraction of sp³-hybridized carbons (Fsp3) is 0.421. The first-order valence-electron chi connectivity index (χ1n) is 18.9. The van der Waals surface area contributed by atoms with Crippen LogP contribution < -0.4 is 43.0 Å². The zero-order valence-electron chi connectivity index (χ0n) is 33.6. The van der Waals surface area contributed by atoms with E-state index >= 15 is 0 Å². The summed E-state index contributed by atoms with van der Waals surface area (Å²) in [5, 5.41) is 72.0. The summed E-state index contributed by atoms with van der Waals surface area (Å²) < 4.78 is 0. The van der Waals surface area contributed by atoms with Gasteiger partial charge >= 0.3 is 17.9 Å². The second-order valence-corrected chi connectivity index (χ2v) is 14.2. The van der Waals surface area contributed by atoms with Crippen molar-refractivity contribution in [2.45, 2.75) is 80.9 Å². The van der Waals surface area contributed by atoms with E-state index in [1.54, 1.807) is 30.3 Å². The number of carboxylic acid groups (broad SMARTS) is 3. The van der Waals surface area contributed by atoms with Gasteiger partial charge in [0.25, 0.3) is 0 Å². The van der Waals surface area contributed by atoms with Gasteiger partial charge in [-0.25, -0.2) is 4.79 Å². The smallest absolute Gasteiger partial charge is 0.328 e. The number of rotatable bonds is 26. The number of amides is 7. The Balaban J connectivity index is 2.25. The van der Waals surface area contributed by atoms with Crippen LogP contribution in [0.5, 0.6) is 5.75 Å². The van der Waals surface area contributed by atoms with Crippen molar-refractivity contribution < 1.29 is 78.6 Å². The van der Waals surface area contributed by atoms with Crippen LogP contribution in [0, 0.1) is 0 Å². The normalized spacial score (nSPS) is 14.6. The zero-order valence-corrected chi connectivity index (χ0v) is 34.4. The third-order valence-corrected chi connectivity index (χ3v) is 9.21. The maximum atomic E-state index is 13.6. The van der Waals surface area contributed by atoms with Crippen molar-refractivity contribution in [1.29, 1.82) is 0 Å². The number of phenolic OH excluding ortho intramolecular Hbond substituents is 1. The SMILES string of the molecule is C[C@H](NC(=O)[C@@H](N)Cc1ccccc1)C(=O)N[C@@H](CC(=O)O)C(=O)N[C@@H](CS)C(=O)N[C@@H](Cc1ccc(O)cc1)C(=O)N[C@@H](CO)C(=O)N[C@@H](CC(=O)O)C(=O)N[C@@H](CO)C(=O)O. The first kappa shape index (κ1) is 52.3. The molecule has 2 aromatic carbocycles. The summed E-state index contributed by atoms with van der Waals surface area (Å²) in [5.41, 5.74) is 7.03. The number of thiol groups is 1. The van der Waals surface area contributed by atoms with Crippen molar-refractivity contribution in [3.8, 4) is 5.75 Å². The highest BCUT2D eigenvalue weighted by molar-refractivity contribution is 7.80. The molecule has 0 aliphatic carbocycles. The van der Waals surface area contributed by atoms with E-state index in [2.05, 4.69) is 39.2 Å². The molecule has 0 aliphatic heterocycles. The Labute approximate surface area is 364 Å². The lowest BCUT2D eigenvalue weighted by Gasteiger charge is -2.26. The van der Waals surface area contributed by atoms with Gasteiger partial charge in [0, 0.05) is 12.2 Å². The van der Waals surface area contributed by atoms with Gasteiger partial charge in [-0.1, -0.05) is 42.5 Å². The van der Waals surface area contributed by atoms with Gasteiger partial charge < -0.3 is 73.6 Å². The minimum absolute atomic E-state index is 0.132. The number of carboxylic acids is 3. The molecule has 2 aromatic rings. The fourth-order valence-electron chi connectivity index (χ4n) is 5.42. The van der Waals surface area contributed by atoms with Crippen LogP contribution in [-0.4, -0.2) is 157 Å². The van der Waals surface area contributed by atoms with E-state index in [1.165, 1.54) is 31.2 Å². The van der Waals surface area contributed by atoms with E-state index < -0.39 is 139 Å². The summed E-state index contributed by atoms with van der Waals surface area (Å²) in [6.45, 7) is -1.00.